The standard InChI is InChI=1S/C13H19NO/c1-5-12(14)10-6-8-11(9-7-10)15-13(2,3)4/h5-9,12H,1,14H2,2-4H3/t12-/m0/s1. The van der Waals surface area contributed by atoms with Crippen molar-refractivity contribution >= 4 is 0 Å². The van der Waals surface area contributed by atoms with Gasteiger partial charge in [0.2, 0.25) is 0 Å². The molecule has 0 unspecified atom stereocenters. The molecule has 0 fully saturated rings. The van der Waals surface area contributed by atoms with E-state index in [1.165, 1.54) is 0 Å². The Kier molecular flexibility index (Phi) is 3.53. The summed E-state index contributed by atoms with van der Waals surface area (Å²) in [6, 6.07) is 7.70. The maximum atomic E-state index is 5.81. The molecule has 1 aromatic carbocycles. The highest BCUT2D eigenvalue weighted by molar-refractivity contribution is 5.30. The van der Waals surface area contributed by atoms with Crippen molar-refractivity contribution in [2.75, 3.05) is 0 Å². The van der Waals surface area contributed by atoms with E-state index in [-0.39, 0.29) is 11.6 Å². The predicted octanol–water partition coefficient (Wildman–Crippen LogP) is 3.05. The van der Waals surface area contributed by atoms with Gasteiger partial charge in [0, 0.05) is 6.04 Å². The molecule has 2 N–H and O–H groups in total. The number of hydrogen-bond donors (Lipinski definition) is 1. The van der Waals surface area contributed by atoms with Crippen LogP contribution >= 0.6 is 0 Å². The van der Waals surface area contributed by atoms with Crippen LogP contribution in [0.25, 0.3) is 0 Å². The smallest absolute Gasteiger partial charge is 0.120 e. The number of ether oxygens (including phenoxy) is 1. The zero-order chi connectivity index (χ0) is 11.5. The summed E-state index contributed by atoms with van der Waals surface area (Å²) in [5.74, 6) is 0.863. The van der Waals surface area contributed by atoms with Crippen LogP contribution in [0.1, 0.15) is 32.4 Å². The minimum Gasteiger partial charge on any atom is -0.488 e. The Balaban J connectivity index is 2.77. The second kappa shape index (κ2) is 4.49. The van der Waals surface area contributed by atoms with Gasteiger partial charge in [-0.25, -0.2) is 0 Å². The van der Waals surface area contributed by atoms with E-state index in [9.17, 15) is 0 Å². The van der Waals surface area contributed by atoms with E-state index in [1.807, 2.05) is 45.0 Å². The largest absolute Gasteiger partial charge is 0.488 e. The van der Waals surface area contributed by atoms with Crippen LogP contribution in [0.4, 0.5) is 0 Å². The lowest BCUT2D eigenvalue weighted by Crippen LogP contribution is -2.22. The zero-order valence-corrected chi connectivity index (χ0v) is 9.66. The van der Waals surface area contributed by atoms with Gasteiger partial charge in [-0.05, 0) is 38.5 Å². The summed E-state index contributed by atoms with van der Waals surface area (Å²) in [4.78, 5) is 0. The molecule has 0 heterocycles. The number of hydrogen-bond acceptors (Lipinski definition) is 2. The van der Waals surface area contributed by atoms with Gasteiger partial charge in [-0.1, -0.05) is 18.2 Å². The average Bonchev–Trinajstić information content (AvgIpc) is 2.15. The van der Waals surface area contributed by atoms with Crippen molar-refractivity contribution in [2.24, 2.45) is 5.73 Å². The number of nitrogens with two attached hydrogens (primary N) is 1. The molecule has 1 rings (SSSR count). The molecule has 0 aliphatic rings. The summed E-state index contributed by atoms with van der Waals surface area (Å²) in [5.41, 5.74) is 6.70. The van der Waals surface area contributed by atoms with Crippen LogP contribution in [0.3, 0.4) is 0 Å². The maximum absolute atomic E-state index is 5.81. The third-order valence-corrected chi connectivity index (χ3v) is 1.94. The Morgan fingerprint density at radius 2 is 1.80 bits per heavy atom. The van der Waals surface area contributed by atoms with Crippen molar-refractivity contribution in [1.29, 1.82) is 0 Å². The van der Waals surface area contributed by atoms with E-state index in [1.54, 1.807) is 6.08 Å². The Labute approximate surface area is 91.7 Å². The van der Waals surface area contributed by atoms with Gasteiger partial charge in [-0.15, -0.1) is 6.58 Å². The van der Waals surface area contributed by atoms with Gasteiger partial charge in [0.05, 0.1) is 0 Å². The third-order valence-electron chi connectivity index (χ3n) is 1.94. The van der Waals surface area contributed by atoms with Crippen LogP contribution in [-0.4, -0.2) is 5.60 Å². The van der Waals surface area contributed by atoms with Gasteiger partial charge in [0.1, 0.15) is 11.4 Å². The van der Waals surface area contributed by atoms with Crippen molar-refractivity contribution < 1.29 is 4.74 Å². The van der Waals surface area contributed by atoms with E-state index in [0.29, 0.717) is 0 Å². The fourth-order valence-corrected chi connectivity index (χ4v) is 1.25. The number of benzene rings is 1. The van der Waals surface area contributed by atoms with Crippen molar-refractivity contribution in [3.8, 4) is 5.75 Å². The van der Waals surface area contributed by atoms with E-state index in [4.69, 9.17) is 10.5 Å². The molecule has 0 radical (unpaired) electrons. The lowest BCUT2D eigenvalue weighted by atomic mass is 10.1. The first-order chi connectivity index (χ1) is 6.92. The van der Waals surface area contributed by atoms with Gasteiger partial charge < -0.3 is 10.5 Å². The molecule has 0 aliphatic heterocycles. The SMILES string of the molecule is C=C[C@H](N)c1ccc(OC(C)(C)C)cc1. The fourth-order valence-electron chi connectivity index (χ4n) is 1.25. The van der Waals surface area contributed by atoms with Crippen molar-refractivity contribution in [1.82, 2.24) is 0 Å². The quantitative estimate of drug-likeness (QED) is 0.770. The highest BCUT2D eigenvalue weighted by Gasteiger charge is 2.11. The van der Waals surface area contributed by atoms with Gasteiger partial charge in [0.15, 0.2) is 0 Å². The normalized spacial score (nSPS) is 13.3. The molecule has 0 amide bonds. The van der Waals surface area contributed by atoms with E-state index in [0.717, 1.165) is 11.3 Å². The van der Waals surface area contributed by atoms with Crippen LogP contribution in [0.5, 0.6) is 5.75 Å². The molecule has 2 nitrogen and oxygen atoms in total. The molecular weight excluding hydrogens is 186 g/mol. The van der Waals surface area contributed by atoms with Crippen LogP contribution in [-0.2, 0) is 0 Å². The molecule has 1 aromatic rings. The molecule has 2 heteroatoms. The van der Waals surface area contributed by atoms with E-state index in [2.05, 4.69) is 6.58 Å². The molecule has 0 aliphatic carbocycles. The zero-order valence-electron chi connectivity index (χ0n) is 9.66. The predicted molar refractivity (Wildman–Crippen MR) is 63.9 cm³/mol. The fraction of sp³-hybridized carbons (Fsp3) is 0.385. The number of rotatable bonds is 3. The highest BCUT2D eigenvalue weighted by Crippen LogP contribution is 2.20. The lowest BCUT2D eigenvalue weighted by molar-refractivity contribution is 0.131. The summed E-state index contributed by atoms with van der Waals surface area (Å²) in [6.07, 6.45) is 1.72. The second-order valence-electron chi connectivity index (χ2n) is 4.54. The summed E-state index contributed by atoms with van der Waals surface area (Å²) in [5, 5.41) is 0. The Bertz CT molecular complexity index is 321. The topological polar surface area (TPSA) is 35.2 Å². The lowest BCUT2D eigenvalue weighted by Gasteiger charge is -2.21. The molecule has 0 saturated heterocycles. The minimum atomic E-state index is -0.165. The minimum absolute atomic E-state index is 0.103. The second-order valence-corrected chi connectivity index (χ2v) is 4.54. The maximum Gasteiger partial charge on any atom is 0.120 e. The summed E-state index contributed by atoms with van der Waals surface area (Å²) >= 11 is 0. The van der Waals surface area contributed by atoms with Gasteiger partial charge in [-0.3, -0.25) is 0 Å². The average molecular weight is 205 g/mol. The molecule has 82 valence electrons. The van der Waals surface area contributed by atoms with Crippen LogP contribution in [0, 0.1) is 0 Å². The monoisotopic (exact) mass is 205 g/mol. The van der Waals surface area contributed by atoms with Crippen molar-refractivity contribution in [3.05, 3.63) is 42.5 Å². The molecule has 0 saturated carbocycles. The van der Waals surface area contributed by atoms with Gasteiger partial charge >= 0.3 is 0 Å². The van der Waals surface area contributed by atoms with E-state index < -0.39 is 0 Å². The molecule has 0 spiro atoms. The summed E-state index contributed by atoms with van der Waals surface area (Å²) in [7, 11) is 0. The first-order valence-corrected chi connectivity index (χ1v) is 5.09. The molecule has 0 aromatic heterocycles. The van der Waals surface area contributed by atoms with Crippen LogP contribution in [0.15, 0.2) is 36.9 Å². The van der Waals surface area contributed by atoms with Crippen molar-refractivity contribution in [3.63, 3.8) is 0 Å². The highest BCUT2D eigenvalue weighted by atomic mass is 16.5. The van der Waals surface area contributed by atoms with Crippen LogP contribution < -0.4 is 10.5 Å². The van der Waals surface area contributed by atoms with Crippen LogP contribution in [0.2, 0.25) is 0 Å². The van der Waals surface area contributed by atoms with E-state index >= 15 is 0 Å². The molecular formula is C13H19NO. The first kappa shape index (κ1) is 11.8. The summed E-state index contributed by atoms with van der Waals surface area (Å²) in [6.45, 7) is 9.74. The Hall–Kier alpha value is -1.28. The molecule has 1 atom stereocenters. The van der Waals surface area contributed by atoms with Gasteiger partial charge in [-0.2, -0.15) is 0 Å². The first-order valence-electron chi connectivity index (χ1n) is 5.09. The van der Waals surface area contributed by atoms with Crippen molar-refractivity contribution in [2.45, 2.75) is 32.4 Å². The Morgan fingerprint density at radius 3 is 2.20 bits per heavy atom. The molecule has 15 heavy (non-hydrogen) atoms. The summed E-state index contributed by atoms with van der Waals surface area (Å²) < 4.78 is 5.70. The molecule has 0 bridgehead atoms. The Morgan fingerprint density at radius 1 is 1.27 bits per heavy atom. The third kappa shape index (κ3) is 3.76. The van der Waals surface area contributed by atoms with Gasteiger partial charge in [0.25, 0.3) is 0 Å².